The molecule has 1 atom stereocenters. The van der Waals surface area contributed by atoms with E-state index in [9.17, 15) is 0 Å². The zero-order valence-electron chi connectivity index (χ0n) is 12.3. The van der Waals surface area contributed by atoms with Crippen LogP contribution in [0.1, 0.15) is 22.9 Å². The molecule has 106 valence electrons. The smallest absolute Gasteiger partial charge is 0.0424 e. The van der Waals surface area contributed by atoms with E-state index in [2.05, 4.69) is 54.2 Å². The molecule has 0 fully saturated rings. The highest BCUT2D eigenvalue weighted by Gasteiger charge is 2.09. The van der Waals surface area contributed by atoms with E-state index in [0.717, 1.165) is 25.2 Å². The third kappa shape index (κ3) is 4.44. The molecular formula is C17H23N3. The molecular weight excluding hydrogens is 246 g/mol. The molecule has 0 aliphatic heterocycles. The SMILES string of the molecule is Cc1ccc(C(N)CN(C)CCc2ccccn2)cc1. The van der Waals surface area contributed by atoms with E-state index in [4.69, 9.17) is 5.73 Å². The fourth-order valence-electron chi connectivity index (χ4n) is 2.20. The Morgan fingerprint density at radius 1 is 1.15 bits per heavy atom. The van der Waals surface area contributed by atoms with Gasteiger partial charge < -0.3 is 10.6 Å². The number of pyridine rings is 1. The average Bonchev–Trinajstić information content (AvgIpc) is 2.47. The molecule has 2 N–H and O–H groups in total. The van der Waals surface area contributed by atoms with E-state index >= 15 is 0 Å². The fourth-order valence-corrected chi connectivity index (χ4v) is 2.20. The molecule has 3 heteroatoms. The normalized spacial score (nSPS) is 12.6. The van der Waals surface area contributed by atoms with Gasteiger partial charge in [-0.05, 0) is 31.7 Å². The number of aryl methyl sites for hydroxylation is 1. The lowest BCUT2D eigenvalue weighted by molar-refractivity contribution is 0.315. The molecule has 2 rings (SSSR count). The maximum atomic E-state index is 6.26. The number of rotatable bonds is 6. The quantitative estimate of drug-likeness (QED) is 0.876. The Morgan fingerprint density at radius 3 is 2.55 bits per heavy atom. The van der Waals surface area contributed by atoms with Gasteiger partial charge in [-0.25, -0.2) is 0 Å². The Hall–Kier alpha value is -1.71. The molecule has 0 aliphatic rings. The summed E-state index contributed by atoms with van der Waals surface area (Å²) in [5.74, 6) is 0. The molecule has 20 heavy (non-hydrogen) atoms. The molecule has 3 nitrogen and oxygen atoms in total. The number of hydrogen-bond acceptors (Lipinski definition) is 3. The van der Waals surface area contributed by atoms with E-state index in [1.54, 1.807) is 0 Å². The zero-order chi connectivity index (χ0) is 14.4. The van der Waals surface area contributed by atoms with Crippen molar-refractivity contribution in [1.82, 2.24) is 9.88 Å². The van der Waals surface area contributed by atoms with Gasteiger partial charge in [-0.2, -0.15) is 0 Å². The Labute approximate surface area is 121 Å². The number of nitrogens with two attached hydrogens (primary N) is 1. The fraction of sp³-hybridized carbons (Fsp3) is 0.353. The van der Waals surface area contributed by atoms with Gasteiger partial charge in [0.05, 0.1) is 0 Å². The van der Waals surface area contributed by atoms with Crippen LogP contribution in [0.15, 0.2) is 48.7 Å². The van der Waals surface area contributed by atoms with Crippen molar-refractivity contribution in [3.63, 3.8) is 0 Å². The maximum absolute atomic E-state index is 6.26. The molecule has 0 saturated heterocycles. The zero-order valence-corrected chi connectivity index (χ0v) is 12.3. The first-order valence-electron chi connectivity index (χ1n) is 7.06. The number of likely N-dealkylation sites (N-methyl/N-ethyl adjacent to an activating group) is 1. The minimum atomic E-state index is 0.0596. The standard InChI is InChI=1S/C17H23N3/c1-14-6-8-15(9-7-14)17(18)13-20(2)12-10-16-5-3-4-11-19-16/h3-9,11,17H,10,12-13,18H2,1-2H3. The maximum Gasteiger partial charge on any atom is 0.0424 e. The van der Waals surface area contributed by atoms with E-state index < -0.39 is 0 Å². The van der Waals surface area contributed by atoms with Gasteiger partial charge in [0.1, 0.15) is 0 Å². The summed E-state index contributed by atoms with van der Waals surface area (Å²) in [5, 5.41) is 0. The molecule has 0 radical (unpaired) electrons. The lowest BCUT2D eigenvalue weighted by Gasteiger charge is -2.21. The summed E-state index contributed by atoms with van der Waals surface area (Å²) >= 11 is 0. The molecule has 1 heterocycles. The van der Waals surface area contributed by atoms with Crippen LogP contribution in [0.2, 0.25) is 0 Å². The van der Waals surface area contributed by atoms with Gasteiger partial charge in [0.2, 0.25) is 0 Å². The van der Waals surface area contributed by atoms with Crippen LogP contribution < -0.4 is 5.73 Å². The van der Waals surface area contributed by atoms with E-state index in [1.807, 2.05) is 18.3 Å². The molecule has 0 amide bonds. The van der Waals surface area contributed by atoms with E-state index in [-0.39, 0.29) is 6.04 Å². The average molecular weight is 269 g/mol. The first kappa shape index (κ1) is 14.7. The Bertz CT molecular complexity index is 508. The number of nitrogens with zero attached hydrogens (tertiary/aromatic N) is 2. The highest BCUT2D eigenvalue weighted by atomic mass is 15.1. The van der Waals surface area contributed by atoms with Crippen LogP contribution in [-0.2, 0) is 6.42 Å². The van der Waals surface area contributed by atoms with Gasteiger partial charge in [0.15, 0.2) is 0 Å². The van der Waals surface area contributed by atoms with E-state index in [1.165, 1.54) is 11.1 Å². The van der Waals surface area contributed by atoms with Crippen LogP contribution in [0.4, 0.5) is 0 Å². The highest BCUT2D eigenvalue weighted by Crippen LogP contribution is 2.12. The Morgan fingerprint density at radius 2 is 1.90 bits per heavy atom. The second-order valence-corrected chi connectivity index (χ2v) is 5.35. The van der Waals surface area contributed by atoms with Gasteiger partial charge in [-0.15, -0.1) is 0 Å². The van der Waals surface area contributed by atoms with Crippen molar-refractivity contribution in [2.24, 2.45) is 5.73 Å². The Balaban J connectivity index is 1.82. The van der Waals surface area contributed by atoms with Gasteiger partial charge in [0, 0.05) is 37.4 Å². The van der Waals surface area contributed by atoms with Crippen molar-refractivity contribution < 1.29 is 0 Å². The molecule has 0 bridgehead atoms. The predicted octanol–water partition coefficient (Wildman–Crippen LogP) is 2.56. The molecule has 0 aliphatic carbocycles. The van der Waals surface area contributed by atoms with Crippen LogP contribution >= 0.6 is 0 Å². The summed E-state index contributed by atoms with van der Waals surface area (Å²) in [7, 11) is 2.11. The summed E-state index contributed by atoms with van der Waals surface area (Å²) < 4.78 is 0. The van der Waals surface area contributed by atoms with Crippen molar-refractivity contribution in [2.45, 2.75) is 19.4 Å². The minimum Gasteiger partial charge on any atom is -0.323 e. The van der Waals surface area contributed by atoms with Gasteiger partial charge in [-0.3, -0.25) is 4.98 Å². The molecule has 0 saturated carbocycles. The van der Waals surface area contributed by atoms with E-state index in [0.29, 0.717) is 0 Å². The van der Waals surface area contributed by atoms with Crippen LogP contribution in [0.3, 0.4) is 0 Å². The highest BCUT2D eigenvalue weighted by molar-refractivity contribution is 5.24. The van der Waals surface area contributed by atoms with Crippen LogP contribution in [0, 0.1) is 6.92 Å². The minimum absolute atomic E-state index is 0.0596. The van der Waals surface area contributed by atoms with Crippen LogP contribution in [0.5, 0.6) is 0 Å². The molecule has 2 aromatic rings. The van der Waals surface area contributed by atoms with Crippen molar-refractivity contribution in [1.29, 1.82) is 0 Å². The second kappa shape index (κ2) is 7.17. The van der Waals surface area contributed by atoms with Crippen LogP contribution in [0.25, 0.3) is 0 Å². The molecule has 0 spiro atoms. The lowest BCUT2D eigenvalue weighted by Crippen LogP contribution is -2.30. The van der Waals surface area contributed by atoms with Gasteiger partial charge in [0.25, 0.3) is 0 Å². The van der Waals surface area contributed by atoms with Crippen LogP contribution in [-0.4, -0.2) is 30.0 Å². The summed E-state index contributed by atoms with van der Waals surface area (Å²) in [6, 6.07) is 14.6. The lowest BCUT2D eigenvalue weighted by atomic mass is 10.1. The second-order valence-electron chi connectivity index (χ2n) is 5.35. The van der Waals surface area contributed by atoms with Crippen molar-refractivity contribution >= 4 is 0 Å². The van der Waals surface area contributed by atoms with Crippen molar-refractivity contribution in [2.75, 3.05) is 20.1 Å². The first-order chi connectivity index (χ1) is 9.65. The number of benzene rings is 1. The summed E-state index contributed by atoms with van der Waals surface area (Å²) in [6.45, 7) is 3.92. The predicted molar refractivity (Wildman–Crippen MR) is 83.5 cm³/mol. The molecule has 1 aromatic carbocycles. The van der Waals surface area contributed by atoms with Crippen molar-refractivity contribution in [3.8, 4) is 0 Å². The third-order valence-corrected chi connectivity index (χ3v) is 3.49. The Kier molecular flexibility index (Phi) is 5.27. The van der Waals surface area contributed by atoms with Gasteiger partial charge in [-0.1, -0.05) is 35.9 Å². The monoisotopic (exact) mass is 269 g/mol. The molecule has 1 aromatic heterocycles. The topological polar surface area (TPSA) is 42.1 Å². The summed E-state index contributed by atoms with van der Waals surface area (Å²) in [4.78, 5) is 6.60. The number of aromatic nitrogens is 1. The third-order valence-electron chi connectivity index (χ3n) is 3.49. The van der Waals surface area contributed by atoms with Gasteiger partial charge >= 0.3 is 0 Å². The van der Waals surface area contributed by atoms with Crippen molar-refractivity contribution in [3.05, 3.63) is 65.5 Å². The summed E-state index contributed by atoms with van der Waals surface area (Å²) in [6.07, 6.45) is 2.80. The summed E-state index contributed by atoms with van der Waals surface area (Å²) in [5.41, 5.74) is 9.85. The number of hydrogen-bond donors (Lipinski definition) is 1. The largest absolute Gasteiger partial charge is 0.323 e. The first-order valence-corrected chi connectivity index (χ1v) is 7.06. The molecule has 1 unspecified atom stereocenters.